The third kappa shape index (κ3) is 1.39. The number of fused-ring (bicyclic) bond motifs is 1. The van der Waals surface area contributed by atoms with Crippen LogP contribution in [0.1, 0.15) is 13.3 Å². The van der Waals surface area contributed by atoms with Gasteiger partial charge in [-0.15, -0.1) is 0 Å². The Bertz CT molecular complexity index is 277. The summed E-state index contributed by atoms with van der Waals surface area (Å²) in [6, 6.07) is 0.205. The average molecular weight is 196 g/mol. The fraction of sp³-hybridized carbons (Fsp3) is 0.700. The minimum Gasteiger partial charge on any atom is -0.442 e. The van der Waals surface area contributed by atoms with Gasteiger partial charge in [0.2, 0.25) is 0 Å². The van der Waals surface area contributed by atoms with Crippen LogP contribution in [-0.4, -0.2) is 48.2 Å². The van der Waals surface area contributed by atoms with Crippen molar-refractivity contribution in [1.29, 1.82) is 0 Å². The van der Waals surface area contributed by atoms with Crippen molar-refractivity contribution in [3.8, 4) is 0 Å². The second-order valence-electron chi connectivity index (χ2n) is 4.15. The van der Waals surface area contributed by atoms with Gasteiger partial charge in [0, 0.05) is 18.8 Å². The van der Waals surface area contributed by atoms with Gasteiger partial charge in [-0.25, -0.2) is 4.79 Å². The maximum atomic E-state index is 11.5. The number of likely N-dealkylation sites (tertiary alicyclic amines) is 1. The summed E-state index contributed by atoms with van der Waals surface area (Å²) in [6.07, 6.45) is 0.764. The second kappa shape index (κ2) is 3.28. The minimum absolute atomic E-state index is 0.0259. The zero-order valence-corrected chi connectivity index (χ0v) is 8.69. The number of piperidine rings is 1. The van der Waals surface area contributed by atoms with E-state index >= 15 is 0 Å². The molecule has 0 aromatic heterocycles. The lowest BCUT2D eigenvalue weighted by atomic mass is 10.0. The first-order valence-corrected chi connectivity index (χ1v) is 4.93. The summed E-state index contributed by atoms with van der Waals surface area (Å²) in [4.78, 5) is 15.4. The molecule has 2 aliphatic heterocycles. The van der Waals surface area contributed by atoms with Gasteiger partial charge in [0.1, 0.15) is 6.10 Å². The SMILES string of the molecule is C=C(C)N1C(=O)OC2CN(C)CCC21. The van der Waals surface area contributed by atoms with Crippen LogP contribution in [0.15, 0.2) is 12.3 Å². The van der Waals surface area contributed by atoms with Crippen LogP contribution in [0.3, 0.4) is 0 Å². The van der Waals surface area contributed by atoms with E-state index < -0.39 is 0 Å². The van der Waals surface area contributed by atoms with Crippen molar-refractivity contribution in [2.75, 3.05) is 20.1 Å². The highest BCUT2D eigenvalue weighted by molar-refractivity contribution is 5.73. The Balaban J connectivity index is 2.16. The molecule has 0 aliphatic carbocycles. The number of carbonyl (C=O) groups excluding carboxylic acids is 1. The molecule has 0 saturated carbocycles. The van der Waals surface area contributed by atoms with Crippen LogP contribution in [0.25, 0.3) is 0 Å². The lowest BCUT2D eigenvalue weighted by Gasteiger charge is -2.33. The number of amides is 1. The lowest BCUT2D eigenvalue weighted by molar-refractivity contribution is 0.0795. The summed E-state index contributed by atoms with van der Waals surface area (Å²) in [5.74, 6) is 0. The maximum absolute atomic E-state index is 11.5. The largest absolute Gasteiger partial charge is 0.442 e. The summed E-state index contributed by atoms with van der Waals surface area (Å²) in [6.45, 7) is 7.51. The van der Waals surface area contributed by atoms with E-state index in [2.05, 4.69) is 11.5 Å². The van der Waals surface area contributed by atoms with Crippen molar-refractivity contribution in [1.82, 2.24) is 9.80 Å². The van der Waals surface area contributed by atoms with E-state index in [9.17, 15) is 4.79 Å². The summed E-state index contributed by atoms with van der Waals surface area (Å²) in [5, 5.41) is 0. The molecule has 0 spiro atoms. The summed E-state index contributed by atoms with van der Waals surface area (Å²) < 4.78 is 5.29. The van der Waals surface area contributed by atoms with Crippen LogP contribution in [-0.2, 0) is 4.74 Å². The molecule has 78 valence electrons. The molecule has 2 saturated heterocycles. The summed E-state index contributed by atoms with van der Waals surface area (Å²) in [5.41, 5.74) is 0.784. The number of allylic oxidation sites excluding steroid dienone is 1. The van der Waals surface area contributed by atoms with E-state index in [1.54, 1.807) is 4.90 Å². The van der Waals surface area contributed by atoms with Crippen molar-refractivity contribution in [2.45, 2.75) is 25.5 Å². The molecule has 2 aliphatic rings. The highest BCUT2D eigenvalue weighted by Gasteiger charge is 2.44. The van der Waals surface area contributed by atoms with Crippen molar-refractivity contribution >= 4 is 6.09 Å². The van der Waals surface area contributed by atoms with Gasteiger partial charge < -0.3 is 9.64 Å². The van der Waals surface area contributed by atoms with Gasteiger partial charge in [-0.05, 0) is 20.4 Å². The molecule has 2 fully saturated rings. The Kier molecular flexibility index (Phi) is 2.23. The Morgan fingerprint density at radius 2 is 2.36 bits per heavy atom. The molecule has 2 rings (SSSR count). The monoisotopic (exact) mass is 196 g/mol. The molecule has 0 bridgehead atoms. The van der Waals surface area contributed by atoms with E-state index in [-0.39, 0.29) is 18.2 Å². The fourth-order valence-electron chi connectivity index (χ4n) is 2.23. The van der Waals surface area contributed by atoms with Gasteiger partial charge in [0.25, 0.3) is 0 Å². The Morgan fingerprint density at radius 3 is 3.00 bits per heavy atom. The van der Waals surface area contributed by atoms with Gasteiger partial charge in [-0.2, -0.15) is 0 Å². The molecule has 0 aromatic rings. The number of likely N-dealkylation sites (N-methyl/N-ethyl adjacent to an activating group) is 1. The molecule has 2 atom stereocenters. The van der Waals surface area contributed by atoms with Crippen LogP contribution >= 0.6 is 0 Å². The van der Waals surface area contributed by atoms with Gasteiger partial charge in [-0.3, -0.25) is 4.90 Å². The molecule has 14 heavy (non-hydrogen) atoms. The van der Waals surface area contributed by atoms with E-state index in [0.717, 1.165) is 25.2 Å². The number of hydrogen-bond acceptors (Lipinski definition) is 3. The topological polar surface area (TPSA) is 32.8 Å². The molecule has 4 heteroatoms. The number of hydrogen-bond donors (Lipinski definition) is 0. The third-order valence-electron chi connectivity index (χ3n) is 2.92. The lowest BCUT2D eigenvalue weighted by Crippen LogP contribution is -2.47. The fourth-order valence-corrected chi connectivity index (χ4v) is 2.23. The first-order valence-electron chi connectivity index (χ1n) is 4.93. The quantitative estimate of drug-likeness (QED) is 0.628. The average Bonchev–Trinajstić information content (AvgIpc) is 2.39. The molecule has 2 unspecified atom stereocenters. The Hall–Kier alpha value is -1.03. The Labute approximate surface area is 84.1 Å². The van der Waals surface area contributed by atoms with Crippen molar-refractivity contribution in [2.24, 2.45) is 0 Å². The molecule has 1 amide bonds. The predicted molar refractivity (Wildman–Crippen MR) is 52.8 cm³/mol. The summed E-state index contributed by atoms with van der Waals surface area (Å²) in [7, 11) is 2.05. The number of nitrogens with zero attached hydrogens (tertiary/aromatic N) is 2. The predicted octanol–water partition coefficient (Wildman–Crippen LogP) is 1.04. The highest BCUT2D eigenvalue weighted by atomic mass is 16.6. The summed E-state index contributed by atoms with van der Waals surface area (Å²) >= 11 is 0. The van der Waals surface area contributed by atoms with Crippen LogP contribution < -0.4 is 0 Å². The molecule has 2 heterocycles. The minimum atomic E-state index is -0.234. The van der Waals surface area contributed by atoms with E-state index in [4.69, 9.17) is 4.74 Å². The van der Waals surface area contributed by atoms with Crippen LogP contribution in [0.2, 0.25) is 0 Å². The van der Waals surface area contributed by atoms with E-state index in [1.807, 2.05) is 14.0 Å². The first kappa shape index (κ1) is 9.52. The van der Waals surface area contributed by atoms with Crippen LogP contribution in [0.5, 0.6) is 0 Å². The van der Waals surface area contributed by atoms with Gasteiger partial charge in [-0.1, -0.05) is 6.58 Å². The zero-order chi connectivity index (χ0) is 10.3. The van der Waals surface area contributed by atoms with Gasteiger partial charge >= 0.3 is 6.09 Å². The number of ether oxygens (including phenoxy) is 1. The molecule has 0 radical (unpaired) electrons. The van der Waals surface area contributed by atoms with E-state index in [0.29, 0.717) is 0 Å². The number of carbonyl (C=O) groups is 1. The van der Waals surface area contributed by atoms with Crippen molar-refractivity contribution < 1.29 is 9.53 Å². The van der Waals surface area contributed by atoms with Crippen LogP contribution in [0, 0.1) is 0 Å². The smallest absolute Gasteiger partial charge is 0.414 e. The first-order chi connectivity index (χ1) is 6.59. The number of rotatable bonds is 1. The highest BCUT2D eigenvalue weighted by Crippen LogP contribution is 2.28. The molecule has 0 N–H and O–H groups in total. The van der Waals surface area contributed by atoms with Gasteiger partial charge in [0.15, 0.2) is 0 Å². The molecule has 0 aromatic carbocycles. The second-order valence-corrected chi connectivity index (χ2v) is 4.15. The normalized spacial score (nSPS) is 32.7. The van der Waals surface area contributed by atoms with Crippen molar-refractivity contribution in [3.05, 3.63) is 12.3 Å². The third-order valence-corrected chi connectivity index (χ3v) is 2.92. The van der Waals surface area contributed by atoms with Crippen LogP contribution in [0.4, 0.5) is 4.79 Å². The van der Waals surface area contributed by atoms with Gasteiger partial charge in [0.05, 0.1) is 6.04 Å². The molecular weight excluding hydrogens is 180 g/mol. The van der Waals surface area contributed by atoms with E-state index in [1.165, 1.54) is 0 Å². The molecule has 4 nitrogen and oxygen atoms in total. The standard InChI is InChI=1S/C10H16N2O2/c1-7(2)12-8-4-5-11(3)6-9(8)14-10(12)13/h8-9H,1,4-6H2,2-3H3. The maximum Gasteiger partial charge on any atom is 0.414 e. The Morgan fingerprint density at radius 1 is 1.64 bits per heavy atom. The molecular formula is C10H16N2O2. The zero-order valence-electron chi connectivity index (χ0n) is 8.69. The van der Waals surface area contributed by atoms with Crippen molar-refractivity contribution in [3.63, 3.8) is 0 Å².